The minimum atomic E-state index is -0.143. The van der Waals surface area contributed by atoms with Crippen molar-refractivity contribution in [2.24, 2.45) is 16.7 Å². The van der Waals surface area contributed by atoms with Crippen molar-refractivity contribution < 1.29 is 4.74 Å². The highest BCUT2D eigenvalue weighted by atomic mass is 16.5. The Morgan fingerprint density at radius 1 is 0.469 bits per heavy atom. The number of hydrogen-bond donors (Lipinski definition) is 0. The number of hydrogen-bond acceptors (Lipinski definition) is 2. The Morgan fingerprint density at radius 2 is 0.857 bits per heavy atom. The number of unbranched alkanes of at least 4 members (excludes halogenated alkanes) is 17. The Bertz CT molecular complexity index is 815. The van der Waals surface area contributed by atoms with E-state index in [2.05, 4.69) is 97.5 Å². The van der Waals surface area contributed by atoms with Gasteiger partial charge in [-0.05, 0) is 107 Å². The highest BCUT2D eigenvalue weighted by molar-refractivity contribution is 5.22. The molecule has 49 heavy (non-hydrogen) atoms. The molecule has 0 bridgehead atoms. The van der Waals surface area contributed by atoms with Gasteiger partial charge in [0.2, 0.25) is 0 Å². The quantitative estimate of drug-likeness (QED) is 0.0701. The normalized spacial score (nSPS) is 13.3. The van der Waals surface area contributed by atoms with E-state index < -0.39 is 0 Å². The maximum Gasteiger partial charge on any atom is 0.120 e. The molecule has 0 aliphatic rings. The number of para-hydroxylation sites is 1. The standard InChI is InChI=1S/C47H89NO/c1-10-11-12-13-20-26-34-43(47(8,9)49-44-36-27-25-28-37-44)35-33-42-48(40-31-23-18-14-16-21-29-38-45(2,3)4)41-32-24-19-15-17-22-30-39-46(5,6)7/h25,27-28,36-37,43H,10-24,26,29-35,38-42H2,1-9H3. The maximum atomic E-state index is 6.69. The highest BCUT2D eigenvalue weighted by Crippen LogP contribution is 2.33. The summed E-state index contributed by atoms with van der Waals surface area (Å²) in [7, 11) is 0. The predicted molar refractivity (Wildman–Crippen MR) is 221 cm³/mol. The van der Waals surface area contributed by atoms with E-state index in [0.29, 0.717) is 16.7 Å². The molecule has 0 saturated heterocycles. The fourth-order valence-corrected chi connectivity index (χ4v) is 7.53. The zero-order valence-corrected chi connectivity index (χ0v) is 35.1. The van der Waals surface area contributed by atoms with Crippen LogP contribution in [0.25, 0.3) is 0 Å². The molecular weight excluding hydrogens is 595 g/mol. The molecule has 1 aromatic carbocycles. The summed E-state index contributed by atoms with van der Waals surface area (Å²) in [5, 5.41) is 0. The fourth-order valence-electron chi connectivity index (χ4n) is 7.53. The van der Waals surface area contributed by atoms with Crippen LogP contribution in [0.4, 0.5) is 0 Å². The molecule has 1 rings (SSSR count). The lowest BCUT2D eigenvalue weighted by Gasteiger charge is -2.36. The summed E-state index contributed by atoms with van der Waals surface area (Å²) < 4.78 is 6.69. The molecule has 1 unspecified atom stereocenters. The second kappa shape index (κ2) is 27.6. The first kappa shape index (κ1) is 46.0. The topological polar surface area (TPSA) is 12.5 Å². The van der Waals surface area contributed by atoms with Crippen molar-refractivity contribution in [2.75, 3.05) is 19.6 Å². The first-order chi connectivity index (χ1) is 23.3. The van der Waals surface area contributed by atoms with Crippen molar-refractivity contribution >= 4 is 0 Å². The molecule has 2 nitrogen and oxygen atoms in total. The molecule has 0 aromatic heterocycles. The Hall–Kier alpha value is -1.02. The summed E-state index contributed by atoms with van der Waals surface area (Å²) >= 11 is 0. The summed E-state index contributed by atoms with van der Waals surface area (Å²) in [4.78, 5) is 2.85. The summed E-state index contributed by atoms with van der Waals surface area (Å²) in [6, 6.07) is 10.6. The Morgan fingerprint density at radius 3 is 1.33 bits per heavy atom. The van der Waals surface area contributed by atoms with E-state index in [4.69, 9.17) is 4.74 Å². The van der Waals surface area contributed by atoms with Gasteiger partial charge >= 0.3 is 0 Å². The van der Waals surface area contributed by atoms with E-state index in [1.165, 1.54) is 180 Å². The second-order valence-electron chi connectivity index (χ2n) is 18.8. The largest absolute Gasteiger partial charge is 0.488 e. The van der Waals surface area contributed by atoms with Crippen LogP contribution >= 0.6 is 0 Å². The SMILES string of the molecule is CCCCCCCCC(CCCN(CCCCCCCCCC(C)(C)C)CCCCCCCCCC(C)(C)C)C(C)(C)Oc1ccccc1. The predicted octanol–water partition coefficient (Wildman–Crippen LogP) is 15.6. The van der Waals surface area contributed by atoms with Crippen LogP contribution in [0.15, 0.2) is 30.3 Å². The van der Waals surface area contributed by atoms with Gasteiger partial charge in [-0.25, -0.2) is 0 Å². The molecule has 0 aliphatic heterocycles. The van der Waals surface area contributed by atoms with Gasteiger partial charge in [-0.15, -0.1) is 0 Å². The van der Waals surface area contributed by atoms with Crippen molar-refractivity contribution in [3.63, 3.8) is 0 Å². The Balaban J connectivity index is 2.60. The van der Waals surface area contributed by atoms with Crippen LogP contribution in [0.3, 0.4) is 0 Å². The Kier molecular flexibility index (Phi) is 25.9. The van der Waals surface area contributed by atoms with Crippen molar-refractivity contribution in [3.05, 3.63) is 30.3 Å². The second-order valence-corrected chi connectivity index (χ2v) is 18.8. The lowest BCUT2D eigenvalue weighted by Crippen LogP contribution is -2.38. The van der Waals surface area contributed by atoms with Crippen LogP contribution in [0.5, 0.6) is 5.75 Å². The van der Waals surface area contributed by atoms with Gasteiger partial charge in [-0.3, -0.25) is 0 Å². The van der Waals surface area contributed by atoms with Crippen LogP contribution in [-0.4, -0.2) is 30.1 Å². The minimum Gasteiger partial charge on any atom is -0.488 e. The maximum absolute atomic E-state index is 6.69. The average Bonchev–Trinajstić information content (AvgIpc) is 3.02. The van der Waals surface area contributed by atoms with Crippen molar-refractivity contribution in [2.45, 2.75) is 228 Å². The molecule has 0 N–H and O–H groups in total. The molecule has 2 heteroatoms. The molecule has 288 valence electrons. The fraction of sp³-hybridized carbons (Fsp3) is 0.872. The van der Waals surface area contributed by atoms with Crippen LogP contribution in [0.2, 0.25) is 0 Å². The van der Waals surface area contributed by atoms with E-state index in [1.807, 2.05) is 0 Å². The molecule has 0 radical (unpaired) electrons. The van der Waals surface area contributed by atoms with Crippen LogP contribution in [0, 0.1) is 16.7 Å². The number of nitrogens with zero attached hydrogens (tertiary/aromatic N) is 1. The third kappa shape index (κ3) is 28.3. The molecule has 0 spiro atoms. The van der Waals surface area contributed by atoms with E-state index >= 15 is 0 Å². The third-order valence-corrected chi connectivity index (χ3v) is 10.8. The molecule has 0 heterocycles. The summed E-state index contributed by atoms with van der Waals surface area (Å²) in [6.45, 7) is 25.1. The van der Waals surface area contributed by atoms with Crippen LogP contribution in [0.1, 0.15) is 223 Å². The number of ether oxygens (including phenoxy) is 1. The van der Waals surface area contributed by atoms with Gasteiger partial charge in [-0.1, -0.05) is 182 Å². The first-order valence-electron chi connectivity index (χ1n) is 21.8. The zero-order valence-electron chi connectivity index (χ0n) is 35.1. The van der Waals surface area contributed by atoms with Gasteiger partial charge in [0.25, 0.3) is 0 Å². The Labute approximate surface area is 309 Å². The summed E-state index contributed by atoms with van der Waals surface area (Å²) in [6.07, 6.45) is 34.6. The third-order valence-electron chi connectivity index (χ3n) is 10.8. The van der Waals surface area contributed by atoms with E-state index in [-0.39, 0.29) is 5.60 Å². The molecule has 1 atom stereocenters. The van der Waals surface area contributed by atoms with E-state index in [1.54, 1.807) is 0 Å². The zero-order chi connectivity index (χ0) is 36.3. The summed E-state index contributed by atoms with van der Waals surface area (Å²) in [5.74, 6) is 1.61. The molecular formula is C47H89NO. The first-order valence-corrected chi connectivity index (χ1v) is 21.8. The lowest BCUT2D eigenvalue weighted by molar-refractivity contribution is 0.0312. The van der Waals surface area contributed by atoms with Crippen molar-refractivity contribution in [1.82, 2.24) is 4.90 Å². The lowest BCUT2D eigenvalue weighted by atomic mass is 9.82. The van der Waals surface area contributed by atoms with Gasteiger partial charge in [-0.2, -0.15) is 0 Å². The average molecular weight is 684 g/mol. The van der Waals surface area contributed by atoms with Crippen LogP contribution < -0.4 is 4.74 Å². The summed E-state index contributed by atoms with van der Waals surface area (Å²) in [5.41, 5.74) is 0.846. The molecule has 1 aromatic rings. The number of rotatable bonds is 32. The molecule has 0 amide bonds. The van der Waals surface area contributed by atoms with Crippen LogP contribution in [-0.2, 0) is 0 Å². The van der Waals surface area contributed by atoms with E-state index in [0.717, 1.165) is 5.75 Å². The molecule has 0 fully saturated rings. The molecule has 0 aliphatic carbocycles. The smallest absolute Gasteiger partial charge is 0.120 e. The van der Waals surface area contributed by atoms with Gasteiger partial charge < -0.3 is 9.64 Å². The van der Waals surface area contributed by atoms with E-state index in [9.17, 15) is 0 Å². The highest BCUT2D eigenvalue weighted by Gasteiger charge is 2.31. The van der Waals surface area contributed by atoms with Crippen molar-refractivity contribution in [3.8, 4) is 5.75 Å². The molecule has 0 saturated carbocycles. The van der Waals surface area contributed by atoms with Gasteiger partial charge in [0.05, 0.1) is 0 Å². The van der Waals surface area contributed by atoms with Crippen molar-refractivity contribution in [1.29, 1.82) is 0 Å². The van der Waals surface area contributed by atoms with Gasteiger partial charge in [0, 0.05) is 0 Å². The minimum absolute atomic E-state index is 0.143. The van der Waals surface area contributed by atoms with Gasteiger partial charge in [0.15, 0.2) is 0 Å². The number of benzene rings is 1. The van der Waals surface area contributed by atoms with Gasteiger partial charge in [0.1, 0.15) is 11.4 Å². The monoisotopic (exact) mass is 684 g/mol.